The standard InChI is InChI=1S/C11H12O4/c1-7(12)5-8-6-9(13)3-4-10(8)11(14)15-2/h3-4,6,13H,5H2,1-2H3. The second-order valence-corrected chi connectivity index (χ2v) is 3.21. The van der Waals surface area contributed by atoms with Crippen LogP contribution in [0.15, 0.2) is 18.2 Å². The maximum atomic E-state index is 11.3. The Kier molecular flexibility index (Phi) is 3.44. The molecule has 0 unspecified atom stereocenters. The van der Waals surface area contributed by atoms with E-state index in [0.717, 1.165) is 0 Å². The fourth-order valence-electron chi connectivity index (χ4n) is 1.30. The highest BCUT2D eigenvalue weighted by molar-refractivity contribution is 5.93. The number of phenolic OH excluding ortho intramolecular Hbond substituents is 1. The van der Waals surface area contributed by atoms with E-state index in [1.54, 1.807) is 0 Å². The topological polar surface area (TPSA) is 63.6 Å². The number of rotatable bonds is 3. The number of phenols is 1. The van der Waals surface area contributed by atoms with Crippen molar-refractivity contribution in [3.63, 3.8) is 0 Å². The Labute approximate surface area is 87.5 Å². The smallest absolute Gasteiger partial charge is 0.338 e. The van der Waals surface area contributed by atoms with E-state index in [1.807, 2.05) is 0 Å². The second kappa shape index (κ2) is 4.59. The van der Waals surface area contributed by atoms with Gasteiger partial charge in [0.15, 0.2) is 0 Å². The first kappa shape index (κ1) is 11.2. The van der Waals surface area contributed by atoms with Crippen LogP contribution in [-0.4, -0.2) is 24.0 Å². The van der Waals surface area contributed by atoms with E-state index in [1.165, 1.54) is 32.2 Å². The number of carbonyl (C=O) groups excluding carboxylic acids is 2. The molecular formula is C11H12O4. The largest absolute Gasteiger partial charge is 0.508 e. The molecule has 4 heteroatoms. The Bertz CT molecular complexity index is 396. The summed E-state index contributed by atoms with van der Waals surface area (Å²) in [6.07, 6.45) is 0.110. The van der Waals surface area contributed by atoms with Gasteiger partial charge in [-0.3, -0.25) is 4.79 Å². The fourth-order valence-corrected chi connectivity index (χ4v) is 1.30. The number of aromatic hydroxyl groups is 1. The van der Waals surface area contributed by atoms with E-state index in [4.69, 9.17) is 0 Å². The van der Waals surface area contributed by atoms with Crippen molar-refractivity contribution >= 4 is 11.8 Å². The lowest BCUT2D eigenvalue weighted by atomic mass is 10.0. The number of hydrogen-bond acceptors (Lipinski definition) is 4. The molecule has 0 atom stereocenters. The summed E-state index contributed by atoms with van der Waals surface area (Å²) >= 11 is 0. The zero-order chi connectivity index (χ0) is 11.4. The van der Waals surface area contributed by atoms with Crippen LogP contribution in [0.4, 0.5) is 0 Å². The molecule has 1 aromatic carbocycles. The van der Waals surface area contributed by atoms with Gasteiger partial charge in [0.05, 0.1) is 12.7 Å². The van der Waals surface area contributed by atoms with Crippen molar-refractivity contribution in [2.24, 2.45) is 0 Å². The molecule has 0 aliphatic carbocycles. The Morgan fingerprint density at radius 1 is 1.40 bits per heavy atom. The molecule has 0 aliphatic heterocycles. The molecule has 0 aromatic heterocycles. The fraction of sp³-hybridized carbons (Fsp3) is 0.273. The summed E-state index contributed by atoms with van der Waals surface area (Å²) in [4.78, 5) is 22.3. The summed E-state index contributed by atoms with van der Waals surface area (Å²) in [7, 11) is 1.27. The molecular weight excluding hydrogens is 196 g/mol. The van der Waals surface area contributed by atoms with Gasteiger partial charge in [-0.2, -0.15) is 0 Å². The molecule has 0 radical (unpaired) electrons. The molecule has 0 heterocycles. The Morgan fingerprint density at radius 3 is 2.60 bits per heavy atom. The summed E-state index contributed by atoms with van der Waals surface area (Å²) in [5.41, 5.74) is 0.792. The van der Waals surface area contributed by atoms with E-state index >= 15 is 0 Å². The van der Waals surface area contributed by atoms with Crippen molar-refractivity contribution in [2.45, 2.75) is 13.3 Å². The number of benzene rings is 1. The number of esters is 1. The molecule has 0 fully saturated rings. The first-order chi connectivity index (χ1) is 7.04. The van der Waals surface area contributed by atoms with E-state index in [-0.39, 0.29) is 18.0 Å². The van der Waals surface area contributed by atoms with E-state index in [2.05, 4.69) is 4.74 Å². The van der Waals surface area contributed by atoms with Gasteiger partial charge in [0.1, 0.15) is 11.5 Å². The van der Waals surface area contributed by atoms with Crippen LogP contribution in [0, 0.1) is 0 Å². The summed E-state index contributed by atoms with van der Waals surface area (Å²) in [5.74, 6) is -0.559. The molecule has 0 aliphatic rings. The van der Waals surface area contributed by atoms with Gasteiger partial charge in [-0.15, -0.1) is 0 Å². The molecule has 0 bridgehead atoms. The van der Waals surface area contributed by atoms with Crippen molar-refractivity contribution in [3.05, 3.63) is 29.3 Å². The van der Waals surface area contributed by atoms with Crippen LogP contribution in [0.5, 0.6) is 5.75 Å². The number of ketones is 1. The summed E-state index contributed by atoms with van der Waals surface area (Å²) in [5, 5.41) is 9.24. The SMILES string of the molecule is COC(=O)c1ccc(O)cc1CC(C)=O. The predicted molar refractivity (Wildman–Crippen MR) is 53.8 cm³/mol. The van der Waals surface area contributed by atoms with Crippen molar-refractivity contribution in [1.29, 1.82) is 0 Å². The molecule has 0 amide bonds. The van der Waals surface area contributed by atoms with Gasteiger partial charge in [0.2, 0.25) is 0 Å². The van der Waals surface area contributed by atoms with Gasteiger partial charge >= 0.3 is 5.97 Å². The average molecular weight is 208 g/mol. The van der Waals surface area contributed by atoms with Crippen molar-refractivity contribution in [2.75, 3.05) is 7.11 Å². The molecule has 4 nitrogen and oxygen atoms in total. The highest BCUT2D eigenvalue weighted by atomic mass is 16.5. The van der Waals surface area contributed by atoms with Crippen LogP contribution in [0.25, 0.3) is 0 Å². The molecule has 15 heavy (non-hydrogen) atoms. The first-order valence-electron chi connectivity index (χ1n) is 4.44. The molecule has 1 rings (SSSR count). The van der Waals surface area contributed by atoms with E-state index in [0.29, 0.717) is 11.1 Å². The van der Waals surface area contributed by atoms with Gasteiger partial charge in [0.25, 0.3) is 0 Å². The monoisotopic (exact) mass is 208 g/mol. The average Bonchev–Trinajstić information content (AvgIpc) is 2.16. The lowest BCUT2D eigenvalue weighted by molar-refractivity contribution is -0.116. The van der Waals surface area contributed by atoms with Gasteiger partial charge < -0.3 is 9.84 Å². The quantitative estimate of drug-likeness (QED) is 0.760. The Hall–Kier alpha value is -1.84. The van der Waals surface area contributed by atoms with Crippen LogP contribution in [0.2, 0.25) is 0 Å². The molecule has 0 spiro atoms. The third kappa shape index (κ3) is 2.80. The summed E-state index contributed by atoms with van der Waals surface area (Å²) in [6.45, 7) is 1.42. The zero-order valence-corrected chi connectivity index (χ0v) is 8.61. The van der Waals surface area contributed by atoms with E-state index < -0.39 is 5.97 Å². The minimum Gasteiger partial charge on any atom is -0.508 e. The Balaban J connectivity index is 3.13. The van der Waals surface area contributed by atoms with Gasteiger partial charge in [-0.05, 0) is 30.7 Å². The van der Waals surface area contributed by atoms with Crippen molar-refractivity contribution < 1.29 is 19.4 Å². The predicted octanol–water partition coefficient (Wildman–Crippen LogP) is 1.31. The molecule has 1 aromatic rings. The minimum absolute atomic E-state index is 0.0268. The van der Waals surface area contributed by atoms with Gasteiger partial charge in [-0.25, -0.2) is 4.79 Å². The number of ether oxygens (including phenoxy) is 1. The highest BCUT2D eigenvalue weighted by Gasteiger charge is 2.13. The first-order valence-corrected chi connectivity index (χ1v) is 4.44. The maximum absolute atomic E-state index is 11.3. The lowest BCUT2D eigenvalue weighted by Crippen LogP contribution is -2.08. The molecule has 80 valence electrons. The molecule has 1 N–H and O–H groups in total. The van der Waals surface area contributed by atoms with Gasteiger partial charge in [-0.1, -0.05) is 0 Å². The Morgan fingerprint density at radius 2 is 2.07 bits per heavy atom. The third-order valence-corrected chi connectivity index (χ3v) is 1.93. The summed E-state index contributed by atoms with van der Waals surface area (Å²) in [6, 6.07) is 4.23. The van der Waals surface area contributed by atoms with Crippen LogP contribution >= 0.6 is 0 Å². The third-order valence-electron chi connectivity index (χ3n) is 1.93. The number of Topliss-reactive ketones (excluding diaryl/α,β-unsaturated/α-hetero) is 1. The van der Waals surface area contributed by atoms with Crippen LogP contribution in [0.1, 0.15) is 22.8 Å². The van der Waals surface area contributed by atoms with Gasteiger partial charge in [0, 0.05) is 6.42 Å². The molecule has 0 saturated heterocycles. The number of hydrogen-bond donors (Lipinski definition) is 1. The molecule has 0 saturated carbocycles. The lowest BCUT2D eigenvalue weighted by Gasteiger charge is -2.06. The summed E-state index contributed by atoms with van der Waals surface area (Å²) < 4.78 is 4.57. The van der Waals surface area contributed by atoms with Crippen molar-refractivity contribution in [1.82, 2.24) is 0 Å². The highest BCUT2D eigenvalue weighted by Crippen LogP contribution is 2.18. The number of carbonyl (C=O) groups is 2. The normalized spacial score (nSPS) is 9.73. The van der Waals surface area contributed by atoms with Crippen LogP contribution < -0.4 is 0 Å². The van der Waals surface area contributed by atoms with Crippen LogP contribution in [0.3, 0.4) is 0 Å². The van der Waals surface area contributed by atoms with Crippen LogP contribution in [-0.2, 0) is 16.0 Å². The number of methoxy groups -OCH3 is 1. The van der Waals surface area contributed by atoms with Crippen molar-refractivity contribution in [3.8, 4) is 5.75 Å². The second-order valence-electron chi connectivity index (χ2n) is 3.21. The van der Waals surface area contributed by atoms with E-state index in [9.17, 15) is 14.7 Å². The minimum atomic E-state index is -0.508. The zero-order valence-electron chi connectivity index (χ0n) is 8.61. The maximum Gasteiger partial charge on any atom is 0.338 e.